The maximum atomic E-state index is 11.1. The van der Waals surface area contributed by atoms with Crippen molar-refractivity contribution in [2.45, 2.75) is 19.3 Å². The Balaban J connectivity index is 2.51. The molecule has 5 heteroatoms. The first-order valence-electron chi connectivity index (χ1n) is 6.15. The summed E-state index contributed by atoms with van der Waals surface area (Å²) in [5.74, 6) is 0.706. The third kappa shape index (κ3) is 2.32. The standard InChI is InChI=1S/C14H18O5/c1-17-11-7-9-6-8(14(15)16)4-5-10(9)12(18-2)13(11)19-3/h7-8H,4-6H2,1-3H3,(H,15,16). The molecule has 0 aromatic heterocycles. The summed E-state index contributed by atoms with van der Waals surface area (Å²) >= 11 is 0. The van der Waals surface area contributed by atoms with E-state index < -0.39 is 5.97 Å². The van der Waals surface area contributed by atoms with Crippen molar-refractivity contribution in [2.75, 3.05) is 21.3 Å². The molecule has 0 amide bonds. The van der Waals surface area contributed by atoms with Crippen LogP contribution in [-0.4, -0.2) is 32.4 Å². The summed E-state index contributed by atoms with van der Waals surface area (Å²) in [6.07, 6.45) is 1.80. The molecule has 5 nitrogen and oxygen atoms in total. The fourth-order valence-electron chi connectivity index (χ4n) is 2.62. The third-order valence-electron chi connectivity index (χ3n) is 3.58. The summed E-state index contributed by atoms with van der Waals surface area (Å²) < 4.78 is 16.0. The molecule has 1 N–H and O–H groups in total. The average molecular weight is 266 g/mol. The summed E-state index contributed by atoms with van der Waals surface area (Å²) in [5, 5.41) is 9.13. The van der Waals surface area contributed by atoms with E-state index in [1.165, 1.54) is 0 Å². The predicted octanol–water partition coefficient (Wildman–Crippen LogP) is 1.90. The van der Waals surface area contributed by atoms with E-state index in [-0.39, 0.29) is 5.92 Å². The van der Waals surface area contributed by atoms with Gasteiger partial charge in [0.25, 0.3) is 0 Å². The lowest BCUT2D eigenvalue weighted by molar-refractivity contribution is -0.142. The Kier molecular flexibility index (Phi) is 3.83. The van der Waals surface area contributed by atoms with Crippen LogP contribution in [0, 0.1) is 5.92 Å². The van der Waals surface area contributed by atoms with Crippen molar-refractivity contribution in [1.29, 1.82) is 0 Å². The Morgan fingerprint density at radius 2 is 1.89 bits per heavy atom. The van der Waals surface area contributed by atoms with Gasteiger partial charge in [-0.2, -0.15) is 0 Å². The lowest BCUT2D eigenvalue weighted by Crippen LogP contribution is -2.22. The van der Waals surface area contributed by atoms with Gasteiger partial charge < -0.3 is 19.3 Å². The largest absolute Gasteiger partial charge is 0.493 e. The van der Waals surface area contributed by atoms with Crippen LogP contribution in [0.1, 0.15) is 17.5 Å². The van der Waals surface area contributed by atoms with E-state index in [0.717, 1.165) is 11.1 Å². The van der Waals surface area contributed by atoms with Gasteiger partial charge in [-0.3, -0.25) is 4.79 Å². The number of aliphatic carboxylic acids is 1. The molecule has 19 heavy (non-hydrogen) atoms. The van der Waals surface area contributed by atoms with Crippen LogP contribution in [0.15, 0.2) is 6.07 Å². The number of ether oxygens (including phenoxy) is 3. The van der Waals surface area contributed by atoms with Gasteiger partial charge in [-0.25, -0.2) is 0 Å². The van der Waals surface area contributed by atoms with Crippen molar-refractivity contribution in [2.24, 2.45) is 5.92 Å². The van der Waals surface area contributed by atoms with Crippen LogP contribution < -0.4 is 14.2 Å². The third-order valence-corrected chi connectivity index (χ3v) is 3.58. The molecule has 0 heterocycles. The van der Waals surface area contributed by atoms with Gasteiger partial charge in [0.1, 0.15) is 0 Å². The number of carbonyl (C=O) groups is 1. The van der Waals surface area contributed by atoms with E-state index in [0.29, 0.717) is 36.5 Å². The van der Waals surface area contributed by atoms with Crippen LogP contribution in [-0.2, 0) is 17.6 Å². The summed E-state index contributed by atoms with van der Waals surface area (Å²) in [4.78, 5) is 11.1. The van der Waals surface area contributed by atoms with Crippen LogP contribution in [0.5, 0.6) is 17.2 Å². The number of carboxylic acids is 1. The first-order chi connectivity index (χ1) is 9.12. The van der Waals surface area contributed by atoms with Gasteiger partial charge in [0.2, 0.25) is 5.75 Å². The lowest BCUT2D eigenvalue weighted by Gasteiger charge is -2.25. The van der Waals surface area contributed by atoms with Crippen LogP contribution in [0.2, 0.25) is 0 Å². The Morgan fingerprint density at radius 3 is 2.42 bits per heavy atom. The van der Waals surface area contributed by atoms with Crippen molar-refractivity contribution < 1.29 is 24.1 Å². The van der Waals surface area contributed by atoms with E-state index in [2.05, 4.69) is 0 Å². The minimum Gasteiger partial charge on any atom is -0.493 e. The van der Waals surface area contributed by atoms with E-state index in [9.17, 15) is 4.79 Å². The number of hydrogen-bond acceptors (Lipinski definition) is 4. The molecule has 0 bridgehead atoms. The minimum absolute atomic E-state index is 0.338. The summed E-state index contributed by atoms with van der Waals surface area (Å²) in [6.45, 7) is 0. The lowest BCUT2D eigenvalue weighted by atomic mass is 9.83. The SMILES string of the molecule is COc1cc2c(c(OC)c1OC)CCC(C(=O)O)C2. The fraction of sp³-hybridized carbons (Fsp3) is 0.500. The number of hydrogen-bond donors (Lipinski definition) is 1. The quantitative estimate of drug-likeness (QED) is 0.901. The Bertz CT molecular complexity index is 495. The molecule has 1 aromatic carbocycles. The number of carboxylic acid groups (broad SMARTS) is 1. The second-order valence-corrected chi connectivity index (χ2v) is 4.56. The molecule has 1 unspecified atom stereocenters. The van der Waals surface area contributed by atoms with Crippen molar-refractivity contribution in [3.05, 3.63) is 17.2 Å². The Hall–Kier alpha value is -1.91. The highest BCUT2D eigenvalue weighted by Crippen LogP contribution is 2.45. The molecule has 1 aromatic rings. The molecule has 0 saturated carbocycles. The zero-order valence-corrected chi connectivity index (χ0v) is 11.4. The van der Waals surface area contributed by atoms with E-state index in [4.69, 9.17) is 19.3 Å². The molecular formula is C14H18O5. The topological polar surface area (TPSA) is 65.0 Å². The second kappa shape index (κ2) is 5.38. The number of methoxy groups -OCH3 is 3. The van der Waals surface area contributed by atoms with Crippen LogP contribution in [0.25, 0.3) is 0 Å². The molecule has 0 saturated heterocycles. The van der Waals surface area contributed by atoms with Gasteiger partial charge in [0, 0.05) is 5.56 Å². The molecule has 1 aliphatic carbocycles. The molecular weight excluding hydrogens is 248 g/mol. The molecule has 0 aliphatic heterocycles. The first-order valence-corrected chi connectivity index (χ1v) is 6.15. The summed E-state index contributed by atoms with van der Waals surface area (Å²) in [5.41, 5.74) is 1.99. The van der Waals surface area contributed by atoms with Gasteiger partial charge in [-0.1, -0.05) is 0 Å². The molecule has 2 rings (SSSR count). The summed E-state index contributed by atoms with van der Waals surface area (Å²) in [6, 6.07) is 1.85. The van der Waals surface area contributed by atoms with Gasteiger partial charge in [0.15, 0.2) is 11.5 Å². The van der Waals surface area contributed by atoms with Crippen LogP contribution in [0.3, 0.4) is 0 Å². The van der Waals surface area contributed by atoms with Gasteiger partial charge in [0.05, 0.1) is 27.2 Å². The molecule has 0 fully saturated rings. The highest BCUT2D eigenvalue weighted by molar-refractivity contribution is 5.72. The Morgan fingerprint density at radius 1 is 1.21 bits per heavy atom. The zero-order valence-electron chi connectivity index (χ0n) is 11.4. The number of rotatable bonds is 4. The molecule has 104 valence electrons. The van der Waals surface area contributed by atoms with Crippen molar-refractivity contribution in [1.82, 2.24) is 0 Å². The number of fused-ring (bicyclic) bond motifs is 1. The van der Waals surface area contributed by atoms with Gasteiger partial charge in [-0.05, 0) is 30.9 Å². The van der Waals surface area contributed by atoms with Gasteiger partial charge >= 0.3 is 5.97 Å². The Labute approximate surface area is 112 Å². The molecule has 0 radical (unpaired) electrons. The number of benzene rings is 1. The maximum Gasteiger partial charge on any atom is 0.306 e. The molecule has 1 aliphatic rings. The summed E-state index contributed by atoms with van der Waals surface area (Å²) in [7, 11) is 4.71. The average Bonchev–Trinajstić information content (AvgIpc) is 2.43. The molecule has 0 spiro atoms. The smallest absolute Gasteiger partial charge is 0.306 e. The van der Waals surface area contributed by atoms with E-state index in [1.807, 2.05) is 6.07 Å². The second-order valence-electron chi connectivity index (χ2n) is 4.56. The fourth-order valence-corrected chi connectivity index (χ4v) is 2.62. The minimum atomic E-state index is -0.751. The van der Waals surface area contributed by atoms with Crippen molar-refractivity contribution in [3.8, 4) is 17.2 Å². The zero-order chi connectivity index (χ0) is 14.0. The van der Waals surface area contributed by atoms with E-state index in [1.54, 1.807) is 21.3 Å². The van der Waals surface area contributed by atoms with E-state index >= 15 is 0 Å². The normalized spacial score (nSPS) is 17.5. The predicted molar refractivity (Wildman–Crippen MR) is 69.2 cm³/mol. The van der Waals surface area contributed by atoms with Crippen LogP contribution in [0.4, 0.5) is 0 Å². The highest BCUT2D eigenvalue weighted by Gasteiger charge is 2.29. The molecule has 1 atom stereocenters. The monoisotopic (exact) mass is 266 g/mol. The maximum absolute atomic E-state index is 11.1. The van der Waals surface area contributed by atoms with Gasteiger partial charge in [-0.15, -0.1) is 0 Å². The van der Waals surface area contributed by atoms with Crippen molar-refractivity contribution in [3.63, 3.8) is 0 Å². The first kappa shape index (κ1) is 13.5. The van der Waals surface area contributed by atoms with Crippen molar-refractivity contribution >= 4 is 5.97 Å². The van der Waals surface area contributed by atoms with Crippen LogP contribution >= 0.6 is 0 Å². The highest BCUT2D eigenvalue weighted by atomic mass is 16.5.